The summed E-state index contributed by atoms with van der Waals surface area (Å²) in [6.07, 6.45) is 0.976. The Morgan fingerprint density at radius 1 is 1.35 bits per heavy atom. The van der Waals surface area contributed by atoms with Crippen molar-refractivity contribution in [3.8, 4) is 17.5 Å². The maximum Gasteiger partial charge on any atom is 0.269 e. The average molecular weight is 419 g/mol. The third-order valence-corrected chi connectivity index (χ3v) is 5.27. The van der Waals surface area contributed by atoms with E-state index in [-0.39, 0.29) is 12.1 Å². The van der Waals surface area contributed by atoms with Crippen molar-refractivity contribution in [3.05, 3.63) is 53.3 Å². The number of pyridine rings is 1. The number of carbonyl (C=O) groups is 2. The Hall–Kier alpha value is -3.74. The number of hydrogen-bond acceptors (Lipinski definition) is 6. The number of hydrogen-bond donors (Lipinski definition) is 3. The molecule has 9 heteroatoms. The minimum absolute atomic E-state index is 0.0760. The van der Waals surface area contributed by atoms with E-state index in [9.17, 15) is 19.8 Å². The van der Waals surface area contributed by atoms with E-state index in [4.69, 9.17) is 5.73 Å². The molecule has 1 unspecified atom stereocenters. The zero-order valence-electron chi connectivity index (χ0n) is 17.0. The van der Waals surface area contributed by atoms with Gasteiger partial charge in [0.2, 0.25) is 5.60 Å². The zero-order valence-corrected chi connectivity index (χ0v) is 17.0. The number of carbonyl (C=O) groups excluding carboxylic acids is 2. The van der Waals surface area contributed by atoms with Gasteiger partial charge >= 0.3 is 0 Å². The monoisotopic (exact) mass is 419 g/mol. The van der Waals surface area contributed by atoms with E-state index in [1.54, 1.807) is 50.5 Å². The number of likely N-dealkylation sites (N-methyl/N-ethyl adjacent to an activating group) is 1. The van der Waals surface area contributed by atoms with E-state index >= 15 is 0 Å². The molecule has 1 fully saturated rings. The van der Waals surface area contributed by atoms with Crippen LogP contribution in [0.5, 0.6) is 0 Å². The van der Waals surface area contributed by atoms with Gasteiger partial charge in [-0.25, -0.2) is 9.67 Å². The smallest absolute Gasteiger partial charge is 0.269 e. The lowest BCUT2D eigenvalue weighted by atomic mass is 10.0. The summed E-state index contributed by atoms with van der Waals surface area (Å²) < 4.78 is 1.45. The molecule has 0 bridgehead atoms. The van der Waals surface area contributed by atoms with E-state index in [1.165, 1.54) is 9.58 Å². The predicted molar refractivity (Wildman–Crippen MR) is 112 cm³/mol. The molecule has 1 saturated heterocycles. The van der Waals surface area contributed by atoms with Gasteiger partial charge in [0.25, 0.3) is 11.8 Å². The van der Waals surface area contributed by atoms with E-state index in [2.05, 4.69) is 21.9 Å². The summed E-state index contributed by atoms with van der Waals surface area (Å²) in [5.41, 5.74) is 5.73. The van der Waals surface area contributed by atoms with Crippen LogP contribution in [0.3, 0.4) is 0 Å². The normalized spacial score (nSPS) is 19.4. The molecule has 3 aromatic rings. The average Bonchev–Trinajstić information content (AvgIpc) is 3.26. The Balaban J connectivity index is 1.86. The molecule has 4 N–H and O–H groups in total. The SMILES string of the molecule is CC(O)c1cc(C#C[C@]2(O)CCN(C)C2=O)cc(-n2nc(C(N)=O)c3cccnc32)c1. The van der Waals surface area contributed by atoms with Crippen LogP contribution < -0.4 is 5.73 Å². The summed E-state index contributed by atoms with van der Waals surface area (Å²) >= 11 is 0. The van der Waals surface area contributed by atoms with Crippen LogP contribution >= 0.6 is 0 Å². The molecule has 0 aliphatic carbocycles. The van der Waals surface area contributed by atoms with Crippen LogP contribution in [0, 0.1) is 11.8 Å². The van der Waals surface area contributed by atoms with Gasteiger partial charge in [0.15, 0.2) is 11.3 Å². The fourth-order valence-electron chi connectivity index (χ4n) is 3.53. The number of nitrogens with two attached hydrogens (primary N) is 1. The highest BCUT2D eigenvalue weighted by atomic mass is 16.3. The van der Waals surface area contributed by atoms with Gasteiger partial charge in [0.1, 0.15) is 0 Å². The zero-order chi connectivity index (χ0) is 22.3. The lowest BCUT2D eigenvalue weighted by Gasteiger charge is -2.13. The highest BCUT2D eigenvalue weighted by Crippen LogP contribution is 2.25. The van der Waals surface area contributed by atoms with Crippen molar-refractivity contribution in [3.63, 3.8) is 0 Å². The van der Waals surface area contributed by atoms with Crippen molar-refractivity contribution < 1.29 is 19.8 Å². The number of aliphatic hydroxyl groups excluding tert-OH is 1. The molecule has 31 heavy (non-hydrogen) atoms. The van der Waals surface area contributed by atoms with Gasteiger partial charge in [0, 0.05) is 31.8 Å². The molecule has 1 aliphatic rings. The van der Waals surface area contributed by atoms with Crippen LogP contribution in [0.1, 0.15) is 41.1 Å². The third kappa shape index (κ3) is 3.63. The largest absolute Gasteiger partial charge is 0.389 e. The molecule has 0 radical (unpaired) electrons. The van der Waals surface area contributed by atoms with Crippen LogP contribution in [0.4, 0.5) is 0 Å². The first-order chi connectivity index (χ1) is 14.7. The number of likely N-dealkylation sites (tertiary alicyclic amines) is 1. The summed E-state index contributed by atoms with van der Waals surface area (Å²) in [5, 5.41) is 25.5. The van der Waals surface area contributed by atoms with Crippen LogP contribution in [0.2, 0.25) is 0 Å². The Morgan fingerprint density at radius 2 is 2.13 bits per heavy atom. The number of amides is 2. The Kier molecular flexibility index (Phi) is 4.97. The number of nitrogens with zero attached hydrogens (tertiary/aromatic N) is 4. The van der Waals surface area contributed by atoms with Gasteiger partial charge in [-0.2, -0.15) is 5.10 Å². The second-order valence-corrected chi connectivity index (χ2v) is 7.58. The van der Waals surface area contributed by atoms with Gasteiger partial charge in [-0.15, -0.1) is 0 Å². The van der Waals surface area contributed by atoms with Crippen molar-refractivity contribution in [2.75, 3.05) is 13.6 Å². The van der Waals surface area contributed by atoms with Gasteiger partial charge in [-0.1, -0.05) is 11.8 Å². The number of aliphatic hydroxyl groups is 2. The summed E-state index contributed by atoms with van der Waals surface area (Å²) in [5.74, 6) is 4.39. The number of rotatable bonds is 3. The highest BCUT2D eigenvalue weighted by molar-refractivity contribution is 6.03. The number of benzene rings is 1. The Bertz CT molecular complexity index is 1270. The maximum atomic E-state index is 12.2. The molecule has 9 nitrogen and oxygen atoms in total. The molecule has 4 rings (SSSR count). The van der Waals surface area contributed by atoms with Gasteiger partial charge in [-0.3, -0.25) is 9.59 Å². The number of aromatic nitrogens is 3. The lowest BCUT2D eigenvalue weighted by molar-refractivity contribution is -0.137. The van der Waals surface area contributed by atoms with Crippen molar-refractivity contribution in [2.24, 2.45) is 5.73 Å². The molecule has 1 aliphatic heterocycles. The summed E-state index contributed by atoms with van der Waals surface area (Å²) in [7, 11) is 1.61. The minimum atomic E-state index is -1.74. The van der Waals surface area contributed by atoms with Gasteiger partial charge in [-0.05, 0) is 42.8 Å². The molecule has 0 saturated carbocycles. The third-order valence-electron chi connectivity index (χ3n) is 5.27. The molecule has 2 amide bonds. The summed E-state index contributed by atoms with van der Waals surface area (Å²) in [6.45, 7) is 2.03. The molecule has 2 aromatic heterocycles. The molecule has 3 heterocycles. The lowest BCUT2D eigenvalue weighted by Crippen LogP contribution is -2.37. The number of fused-ring (bicyclic) bond motifs is 1. The first-order valence-corrected chi connectivity index (χ1v) is 9.68. The minimum Gasteiger partial charge on any atom is -0.389 e. The Morgan fingerprint density at radius 3 is 2.77 bits per heavy atom. The first-order valence-electron chi connectivity index (χ1n) is 9.68. The van der Waals surface area contributed by atoms with Crippen LogP contribution in [0.15, 0.2) is 36.5 Å². The first kappa shape index (κ1) is 20.5. The van der Waals surface area contributed by atoms with Crippen molar-refractivity contribution >= 4 is 22.8 Å². The van der Waals surface area contributed by atoms with Crippen LogP contribution in [-0.4, -0.2) is 60.9 Å². The fraction of sp³-hybridized carbons (Fsp3) is 0.273. The summed E-state index contributed by atoms with van der Waals surface area (Å²) in [4.78, 5) is 29.8. The van der Waals surface area contributed by atoms with E-state index in [1.807, 2.05) is 0 Å². The van der Waals surface area contributed by atoms with Crippen molar-refractivity contribution in [2.45, 2.75) is 25.0 Å². The topological polar surface area (TPSA) is 135 Å². The second-order valence-electron chi connectivity index (χ2n) is 7.58. The fourth-order valence-corrected chi connectivity index (χ4v) is 3.53. The van der Waals surface area contributed by atoms with Crippen molar-refractivity contribution in [1.29, 1.82) is 0 Å². The van der Waals surface area contributed by atoms with Crippen molar-refractivity contribution in [1.82, 2.24) is 19.7 Å². The van der Waals surface area contributed by atoms with Gasteiger partial charge in [0.05, 0.1) is 17.2 Å². The predicted octanol–water partition coefficient (Wildman–Crippen LogP) is 0.517. The van der Waals surface area contributed by atoms with Crippen LogP contribution in [-0.2, 0) is 4.79 Å². The highest BCUT2D eigenvalue weighted by Gasteiger charge is 2.42. The molecule has 2 atom stereocenters. The molecule has 1 aromatic carbocycles. The number of primary amides is 1. The summed E-state index contributed by atoms with van der Waals surface area (Å²) in [6, 6.07) is 8.42. The molecule has 0 spiro atoms. The standard InChI is InChI=1S/C22H21N5O4/c1-13(28)15-10-14(5-6-22(31)7-9-26(2)21(22)30)11-16(12-15)27-20-17(4-3-8-24-20)18(25-27)19(23)29/h3-4,8,10-13,28,31H,7,9H2,1-2H3,(H2,23,29)/t13?,22-/m0/s1. The van der Waals surface area contributed by atoms with E-state index < -0.39 is 23.5 Å². The molecule has 158 valence electrons. The Labute approximate surface area is 178 Å². The van der Waals surface area contributed by atoms with E-state index in [0.717, 1.165) is 0 Å². The maximum absolute atomic E-state index is 12.2. The molecular formula is C22H21N5O4. The van der Waals surface area contributed by atoms with E-state index in [0.29, 0.717) is 34.4 Å². The quantitative estimate of drug-likeness (QED) is 0.530. The van der Waals surface area contributed by atoms with Gasteiger partial charge < -0.3 is 20.8 Å². The second kappa shape index (κ2) is 7.50. The molecular weight excluding hydrogens is 398 g/mol. The van der Waals surface area contributed by atoms with Crippen LogP contribution in [0.25, 0.3) is 16.7 Å².